The zero-order chi connectivity index (χ0) is 16.1. The number of nitrogens with one attached hydrogen (secondary N) is 1. The molecule has 0 atom stereocenters. The average Bonchev–Trinajstić information content (AvgIpc) is 2.50. The number of thiocarbonyl (C=S) groups is 1. The molecule has 0 aliphatic rings. The molecule has 2 aromatic rings. The van der Waals surface area contributed by atoms with Crippen LogP contribution in [0.3, 0.4) is 0 Å². The zero-order valence-electron chi connectivity index (χ0n) is 13.8. The molecule has 0 aliphatic heterocycles. The molecule has 0 radical (unpaired) electrons. The second-order valence-electron chi connectivity index (χ2n) is 6.05. The van der Waals surface area contributed by atoms with Crippen LogP contribution in [0.5, 0.6) is 0 Å². The Kier molecular flexibility index (Phi) is 5.56. The highest BCUT2D eigenvalue weighted by Gasteiger charge is 2.06. The highest BCUT2D eigenvalue weighted by Crippen LogP contribution is 2.17. The van der Waals surface area contributed by atoms with Crippen LogP contribution >= 0.6 is 12.2 Å². The van der Waals surface area contributed by atoms with E-state index in [9.17, 15) is 0 Å². The number of rotatable bonds is 4. The first-order valence-electron chi connectivity index (χ1n) is 7.63. The summed E-state index contributed by atoms with van der Waals surface area (Å²) in [4.78, 5) is 2.05. The minimum atomic E-state index is 0.546. The van der Waals surface area contributed by atoms with E-state index in [2.05, 4.69) is 79.5 Å². The van der Waals surface area contributed by atoms with Crippen molar-refractivity contribution in [3.8, 4) is 0 Å². The fourth-order valence-electron chi connectivity index (χ4n) is 2.21. The fraction of sp³-hybridized carbons (Fsp3) is 0.316. The van der Waals surface area contributed by atoms with Crippen molar-refractivity contribution >= 4 is 23.0 Å². The molecule has 2 nitrogen and oxygen atoms in total. The van der Waals surface area contributed by atoms with Gasteiger partial charge in [0.2, 0.25) is 0 Å². The Labute approximate surface area is 139 Å². The van der Waals surface area contributed by atoms with Gasteiger partial charge in [-0.3, -0.25) is 0 Å². The van der Waals surface area contributed by atoms with Crippen molar-refractivity contribution < 1.29 is 0 Å². The Bertz CT molecular complexity index is 615. The minimum Gasteiger partial charge on any atom is -0.348 e. The second kappa shape index (κ2) is 7.41. The second-order valence-corrected chi connectivity index (χ2v) is 6.44. The zero-order valence-corrected chi connectivity index (χ0v) is 14.6. The van der Waals surface area contributed by atoms with E-state index >= 15 is 0 Å². The molecule has 0 aromatic heterocycles. The summed E-state index contributed by atoms with van der Waals surface area (Å²) in [5.41, 5.74) is 4.90. The molecule has 0 fully saturated rings. The van der Waals surface area contributed by atoms with Crippen molar-refractivity contribution in [3.05, 3.63) is 65.2 Å². The van der Waals surface area contributed by atoms with Gasteiger partial charge < -0.3 is 10.2 Å². The quantitative estimate of drug-likeness (QED) is 0.804. The van der Waals surface area contributed by atoms with Crippen LogP contribution in [-0.4, -0.2) is 17.1 Å². The molecule has 2 aromatic carbocycles. The fourth-order valence-corrected chi connectivity index (χ4v) is 2.39. The van der Waals surface area contributed by atoms with Crippen LogP contribution in [-0.2, 0) is 6.54 Å². The van der Waals surface area contributed by atoms with Gasteiger partial charge in [0.1, 0.15) is 0 Å². The molecule has 3 heteroatoms. The van der Waals surface area contributed by atoms with E-state index in [0.29, 0.717) is 5.92 Å². The summed E-state index contributed by atoms with van der Waals surface area (Å²) in [5.74, 6) is 0.546. The monoisotopic (exact) mass is 312 g/mol. The number of aryl methyl sites for hydroxylation is 1. The Morgan fingerprint density at radius 2 is 1.64 bits per heavy atom. The van der Waals surface area contributed by atoms with Gasteiger partial charge in [-0.2, -0.15) is 0 Å². The summed E-state index contributed by atoms with van der Waals surface area (Å²) in [5, 5.41) is 4.03. The van der Waals surface area contributed by atoms with Crippen LogP contribution in [0.1, 0.15) is 36.5 Å². The lowest BCUT2D eigenvalue weighted by Crippen LogP contribution is -2.30. The maximum absolute atomic E-state index is 5.48. The van der Waals surface area contributed by atoms with Crippen LogP contribution in [0, 0.1) is 6.92 Å². The van der Waals surface area contributed by atoms with Crippen LogP contribution in [0.4, 0.5) is 5.69 Å². The smallest absolute Gasteiger partial charge is 0.173 e. The number of benzene rings is 2. The van der Waals surface area contributed by atoms with E-state index < -0.39 is 0 Å². The normalized spacial score (nSPS) is 10.6. The average molecular weight is 312 g/mol. The van der Waals surface area contributed by atoms with E-state index in [4.69, 9.17) is 12.2 Å². The number of anilines is 1. The molecule has 1 N–H and O–H groups in total. The molecule has 116 valence electrons. The first kappa shape index (κ1) is 16.5. The lowest BCUT2D eigenvalue weighted by molar-refractivity contribution is 0.508. The maximum atomic E-state index is 5.48. The number of hydrogen-bond donors (Lipinski definition) is 1. The van der Waals surface area contributed by atoms with Crippen molar-refractivity contribution in [2.45, 2.75) is 33.2 Å². The van der Waals surface area contributed by atoms with Crippen LogP contribution in [0.2, 0.25) is 0 Å². The van der Waals surface area contributed by atoms with Gasteiger partial charge in [-0.05, 0) is 48.3 Å². The highest BCUT2D eigenvalue weighted by molar-refractivity contribution is 7.80. The molecule has 0 bridgehead atoms. The predicted molar refractivity (Wildman–Crippen MR) is 99.4 cm³/mol. The maximum Gasteiger partial charge on any atom is 0.173 e. The summed E-state index contributed by atoms with van der Waals surface area (Å²) in [6.45, 7) is 7.29. The lowest BCUT2D eigenvalue weighted by atomic mass is 10.0. The van der Waals surface area contributed by atoms with E-state index in [1.54, 1.807) is 0 Å². The van der Waals surface area contributed by atoms with E-state index in [-0.39, 0.29) is 0 Å². The molecule has 0 aliphatic carbocycles. The van der Waals surface area contributed by atoms with Gasteiger partial charge in [-0.25, -0.2) is 0 Å². The van der Waals surface area contributed by atoms with Gasteiger partial charge >= 0.3 is 0 Å². The van der Waals surface area contributed by atoms with Crippen molar-refractivity contribution in [1.82, 2.24) is 4.90 Å². The molecular weight excluding hydrogens is 288 g/mol. The third kappa shape index (κ3) is 4.57. The van der Waals surface area contributed by atoms with Gasteiger partial charge in [0, 0.05) is 19.3 Å². The minimum absolute atomic E-state index is 0.546. The Morgan fingerprint density at radius 3 is 2.18 bits per heavy atom. The van der Waals surface area contributed by atoms with Gasteiger partial charge in [0.25, 0.3) is 0 Å². The van der Waals surface area contributed by atoms with Gasteiger partial charge in [-0.1, -0.05) is 55.8 Å². The van der Waals surface area contributed by atoms with Gasteiger partial charge in [0.15, 0.2) is 5.11 Å². The molecule has 2 rings (SSSR count). The summed E-state index contributed by atoms with van der Waals surface area (Å²) >= 11 is 5.48. The highest BCUT2D eigenvalue weighted by atomic mass is 32.1. The van der Waals surface area contributed by atoms with Crippen LogP contribution < -0.4 is 5.32 Å². The SMILES string of the molecule is Cc1ccc(CN(C)C(=S)Nc2ccc(C(C)C)cc2)cc1. The number of nitrogens with zero attached hydrogens (tertiary/aromatic N) is 1. The first-order chi connectivity index (χ1) is 10.5. The molecule has 0 saturated heterocycles. The van der Waals surface area contributed by atoms with E-state index in [0.717, 1.165) is 17.3 Å². The summed E-state index contributed by atoms with van der Waals surface area (Å²) in [6.07, 6.45) is 0. The predicted octanol–water partition coefficient (Wildman–Crippen LogP) is 4.95. The van der Waals surface area contributed by atoms with Crippen molar-refractivity contribution in [2.75, 3.05) is 12.4 Å². The molecule has 0 unspecified atom stereocenters. The van der Waals surface area contributed by atoms with Crippen molar-refractivity contribution in [3.63, 3.8) is 0 Å². The van der Waals surface area contributed by atoms with E-state index in [1.807, 2.05) is 7.05 Å². The summed E-state index contributed by atoms with van der Waals surface area (Å²) in [7, 11) is 2.01. The molecule has 0 spiro atoms. The van der Waals surface area contributed by atoms with Crippen LogP contribution in [0.25, 0.3) is 0 Å². The largest absolute Gasteiger partial charge is 0.348 e. The first-order valence-corrected chi connectivity index (χ1v) is 8.04. The third-order valence-electron chi connectivity index (χ3n) is 3.72. The Hall–Kier alpha value is -1.87. The van der Waals surface area contributed by atoms with Crippen molar-refractivity contribution in [2.24, 2.45) is 0 Å². The Balaban J connectivity index is 1.94. The molecule has 0 amide bonds. The van der Waals surface area contributed by atoms with E-state index in [1.165, 1.54) is 16.7 Å². The van der Waals surface area contributed by atoms with Gasteiger partial charge in [-0.15, -0.1) is 0 Å². The molecular formula is C19H24N2S. The third-order valence-corrected chi connectivity index (χ3v) is 4.13. The number of hydrogen-bond acceptors (Lipinski definition) is 1. The lowest BCUT2D eigenvalue weighted by Gasteiger charge is -2.21. The topological polar surface area (TPSA) is 15.3 Å². The van der Waals surface area contributed by atoms with Crippen molar-refractivity contribution in [1.29, 1.82) is 0 Å². The Morgan fingerprint density at radius 1 is 1.05 bits per heavy atom. The van der Waals surface area contributed by atoms with Gasteiger partial charge in [0.05, 0.1) is 0 Å². The molecule has 0 saturated carbocycles. The summed E-state index contributed by atoms with van der Waals surface area (Å²) < 4.78 is 0. The summed E-state index contributed by atoms with van der Waals surface area (Å²) in [6, 6.07) is 17.0. The molecule has 22 heavy (non-hydrogen) atoms. The van der Waals surface area contributed by atoms with Crippen LogP contribution in [0.15, 0.2) is 48.5 Å². The molecule has 0 heterocycles. The standard InChI is InChI=1S/C19H24N2S/c1-14(2)17-9-11-18(12-10-17)20-19(22)21(4)13-16-7-5-15(3)6-8-16/h5-12,14H,13H2,1-4H3,(H,20,22).